The van der Waals surface area contributed by atoms with Gasteiger partial charge in [0.05, 0.1) is 13.4 Å². The quantitative estimate of drug-likeness (QED) is 0.655. The third kappa shape index (κ3) is 4.85. The second kappa shape index (κ2) is 8.53. The number of hydrogen-bond donors (Lipinski definition) is 2. The number of hydrogen-bond acceptors (Lipinski definition) is 4. The van der Waals surface area contributed by atoms with Gasteiger partial charge in [0.15, 0.2) is 0 Å². The number of amides is 2. The highest BCUT2D eigenvalue weighted by molar-refractivity contribution is 6.10. The molecule has 0 saturated carbocycles. The monoisotopic (exact) mass is 362 g/mol. The summed E-state index contributed by atoms with van der Waals surface area (Å²) in [7, 11) is 1.57. The molecule has 3 rings (SSSR count). The number of nitrogens with one attached hydrogen (secondary N) is 2. The van der Waals surface area contributed by atoms with Crippen LogP contribution in [0.2, 0.25) is 0 Å². The van der Waals surface area contributed by atoms with Crippen LogP contribution in [0.5, 0.6) is 5.75 Å². The SMILES string of the molecule is COc1ccc(NC(=O)C(=Cc2ccco2)NC(=O)c2ccccc2)cc1. The van der Waals surface area contributed by atoms with Gasteiger partial charge in [0.1, 0.15) is 17.2 Å². The molecule has 0 fully saturated rings. The Balaban J connectivity index is 1.80. The van der Waals surface area contributed by atoms with Crippen molar-refractivity contribution in [3.8, 4) is 5.75 Å². The number of methoxy groups -OCH3 is 1. The van der Waals surface area contributed by atoms with Gasteiger partial charge in [-0.2, -0.15) is 0 Å². The molecule has 0 unspecified atom stereocenters. The maximum Gasteiger partial charge on any atom is 0.272 e. The van der Waals surface area contributed by atoms with Crippen LogP contribution in [0.15, 0.2) is 83.1 Å². The number of furan rings is 1. The topological polar surface area (TPSA) is 80.6 Å². The van der Waals surface area contributed by atoms with Crippen LogP contribution < -0.4 is 15.4 Å². The number of carbonyl (C=O) groups is 2. The van der Waals surface area contributed by atoms with Crippen LogP contribution >= 0.6 is 0 Å². The summed E-state index contributed by atoms with van der Waals surface area (Å²) in [6, 6.07) is 18.9. The van der Waals surface area contributed by atoms with Gasteiger partial charge in [-0.15, -0.1) is 0 Å². The maximum absolute atomic E-state index is 12.7. The van der Waals surface area contributed by atoms with Crippen molar-refractivity contribution >= 4 is 23.6 Å². The standard InChI is InChI=1S/C21H18N2O4/c1-26-17-11-9-16(10-12-17)22-21(25)19(14-18-8-5-13-27-18)23-20(24)15-6-3-2-4-7-15/h2-14H,1H3,(H,22,25)(H,23,24). The van der Waals surface area contributed by atoms with E-state index in [0.29, 0.717) is 22.8 Å². The normalized spacial score (nSPS) is 10.9. The number of anilines is 1. The van der Waals surface area contributed by atoms with Crippen LogP contribution in [0, 0.1) is 0 Å². The van der Waals surface area contributed by atoms with Crippen LogP contribution in [0.1, 0.15) is 16.1 Å². The summed E-state index contributed by atoms with van der Waals surface area (Å²) >= 11 is 0. The Morgan fingerprint density at radius 2 is 1.70 bits per heavy atom. The molecule has 0 radical (unpaired) electrons. The predicted octanol–water partition coefficient (Wildman–Crippen LogP) is 3.70. The van der Waals surface area contributed by atoms with Crippen molar-refractivity contribution in [3.05, 3.63) is 90.0 Å². The molecule has 0 aliphatic rings. The van der Waals surface area contributed by atoms with Crippen LogP contribution in [-0.2, 0) is 4.79 Å². The lowest BCUT2D eigenvalue weighted by molar-refractivity contribution is -0.113. The van der Waals surface area contributed by atoms with Crippen molar-refractivity contribution < 1.29 is 18.7 Å². The molecule has 2 aromatic carbocycles. The molecule has 1 heterocycles. The molecule has 0 saturated heterocycles. The lowest BCUT2D eigenvalue weighted by Crippen LogP contribution is -2.30. The summed E-state index contributed by atoms with van der Waals surface area (Å²) in [4.78, 5) is 25.1. The summed E-state index contributed by atoms with van der Waals surface area (Å²) in [6.07, 6.45) is 2.96. The first-order chi connectivity index (χ1) is 13.2. The Hall–Kier alpha value is -3.80. The van der Waals surface area contributed by atoms with E-state index in [1.807, 2.05) is 6.07 Å². The summed E-state index contributed by atoms with van der Waals surface area (Å²) in [5, 5.41) is 5.38. The van der Waals surface area contributed by atoms with Crippen molar-refractivity contribution in [1.82, 2.24) is 5.32 Å². The van der Waals surface area contributed by atoms with Gasteiger partial charge in [0.2, 0.25) is 0 Å². The van der Waals surface area contributed by atoms with Crippen LogP contribution in [0.3, 0.4) is 0 Å². The van der Waals surface area contributed by atoms with Gasteiger partial charge < -0.3 is 19.8 Å². The molecule has 3 aromatic rings. The van der Waals surface area contributed by atoms with Crippen molar-refractivity contribution in [2.75, 3.05) is 12.4 Å². The minimum Gasteiger partial charge on any atom is -0.497 e. The van der Waals surface area contributed by atoms with E-state index in [2.05, 4.69) is 10.6 Å². The fourth-order valence-corrected chi connectivity index (χ4v) is 2.33. The van der Waals surface area contributed by atoms with Crippen molar-refractivity contribution in [2.24, 2.45) is 0 Å². The lowest BCUT2D eigenvalue weighted by atomic mass is 10.2. The molecular weight excluding hydrogens is 344 g/mol. The lowest BCUT2D eigenvalue weighted by Gasteiger charge is -2.11. The molecule has 0 atom stereocenters. The van der Waals surface area contributed by atoms with Crippen molar-refractivity contribution in [2.45, 2.75) is 0 Å². The zero-order valence-corrected chi connectivity index (χ0v) is 14.6. The second-order valence-electron chi connectivity index (χ2n) is 5.58. The summed E-state index contributed by atoms with van der Waals surface area (Å²) < 4.78 is 10.4. The Morgan fingerprint density at radius 1 is 0.963 bits per heavy atom. The highest BCUT2D eigenvalue weighted by Gasteiger charge is 2.15. The Morgan fingerprint density at radius 3 is 2.33 bits per heavy atom. The van der Waals surface area contributed by atoms with E-state index in [9.17, 15) is 9.59 Å². The average molecular weight is 362 g/mol. The van der Waals surface area contributed by atoms with E-state index in [1.165, 1.54) is 12.3 Å². The van der Waals surface area contributed by atoms with E-state index >= 15 is 0 Å². The molecule has 0 bridgehead atoms. The van der Waals surface area contributed by atoms with Gasteiger partial charge in [-0.05, 0) is 48.5 Å². The Kier molecular flexibility index (Phi) is 5.69. The molecule has 27 heavy (non-hydrogen) atoms. The minimum absolute atomic E-state index is 0.0645. The van der Waals surface area contributed by atoms with E-state index < -0.39 is 11.8 Å². The van der Waals surface area contributed by atoms with Crippen LogP contribution in [0.4, 0.5) is 5.69 Å². The Bertz CT molecular complexity index is 930. The fraction of sp³-hybridized carbons (Fsp3) is 0.0476. The summed E-state index contributed by atoms with van der Waals surface area (Å²) in [6.45, 7) is 0. The second-order valence-corrected chi connectivity index (χ2v) is 5.58. The molecule has 2 amide bonds. The first-order valence-electron chi connectivity index (χ1n) is 8.23. The average Bonchev–Trinajstić information content (AvgIpc) is 3.22. The number of benzene rings is 2. The van der Waals surface area contributed by atoms with E-state index in [-0.39, 0.29) is 5.70 Å². The summed E-state index contributed by atoms with van der Waals surface area (Å²) in [5.74, 6) is 0.263. The maximum atomic E-state index is 12.7. The minimum atomic E-state index is -0.471. The van der Waals surface area contributed by atoms with Gasteiger partial charge in [-0.25, -0.2) is 0 Å². The van der Waals surface area contributed by atoms with Gasteiger partial charge in [-0.3, -0.25) is 9.59 Å². The van der Waals surface area contributed by atoms with Crippen LogP contribution in [0.25, 0.3) is 6.08 Å². The molecule has 0 spiro atoms. The molecule has 6 heteroatoms. The summed E-state index contributed by atoms with van der Waals surface area (Å²) in [5.41, 5.74) is 1.08. The third-order valence-corrected chi connectivity index (χ3v) is 3.71. The van der Waals surface area contributed by atoms with Gasteiger partial charge in [0.25, 0.3) is 11.8 Å². The van der Waals surface area contributed by atoms with Crippen LogP contribution in [-0.4, -0.2) is 18.9 Å². The first-order valence-corrected chi connectivity index (χ1v) is 8.23. The molecule has 0 aliphatic carbocycles. The van der Waals surface area contributed by atoms with Crippen molar-refractivity contribution in [3.63, 3.8) is 0 Å². The fourth-order valence-electron chi connectivity index (χ4n) is 2.33. The highest BCUT2D eigenvalue weighted by Crippen LogP contribution is 2.16. The van der Waals surface area contributed by atoms with E-state index in [0.717, 1.165) is 0 Å². The first kappa shape index (κ1) is 18.0. The third-order valence-electron chi connectivity index (χ3n) is 3.71. The van der Waals surface area contributed by atoms with Gasteiger partial charge in [-0.1, -0.05) is 18.2 Å². The smallest absolute Gasteiger partial charge is 0.272 e. The van der Waals surface area contributed by atoms with E-state index in [4.69, 9.17) is 9.15 Å². The molecule has 6 nitrogen and oxygen atoms in total. The largest absolute Gasteiger partial charge is 0.497 e. The number of rotatable bonds is 6. The highest BCUT2D eigenvalue weighted by atomic mass is 16.5. The van der Waals surface area contributed by atoms with Gasteiger partial charge in [0, 0.05) is 17.3 Å². The van der Waals surface area contributed by atoms with E-state index in [1.54, 1.807) is 67.8 Å². The zero-order chi connectivity index (χ0) is 19.1. The molecule has 2 N–H and O–H groups in total. The number of carbonyl (C=O) groups excluding carboxylic acids is 2. The van der Waals surface area contributed by atoms with Gasteiger partial charge >= 0.3 is 0 Å². The Labute approximate surface area is 156 Å². The molecule has 136 valence electrons. The van der Waals surface area contributed by atoms with Crippen molar-refractivity contribution in [1.29, 1.82) is 0 Å². The molecule has 1 aromatic heterocycles. The molecule has 0 aliphatic heterocycles. The predicted molar refractivity (Wildman–Crippen MR) is 102 cm³/mol. The molecular formula is C21H18N2O4. The number of ether oxygens (including phenoxy) is 1. The zero-order valence-electron chi connectivity index (χ0n) is 14.6.